The van der Waals surface area contributed by atoms with Gasteiger partial charge in [-0.15, -0.1) is 11.8 Å². The summed E-state index contributed by atoms with van der Waals surface area (Å²) in [5.74, 6) is 1.04. The second kappa shape index (κ2) is 6.87. The maximum atomic E-state index is 12.8. The van der Waals surface area contributed by atoms with E-state index in [-0.39, 0.29) is 23.0 Å². The van der Waals surface area contributed by atoms with E-state index in [0.717, 1.165) is 11.3 Å². The number of Topliss-reactive ketones (excluding diaryl/α,β-unsaturated/α-hetero) is 1. The van der Waals surface area contributed by atoms with Crippen LogP contribution in [0.3, 0.4) is 0 Å². The first-order valence-corrected chi connectivity index (χ1v) is 8.38. The molecule has 0 aromatic heterocycles. The zero-order valence-corrected chi connectivity index (χ0v) is 13.5. The zero-order valence-electron chi connectivity index (χ0n) is 12.7. The van der Waals surface area contributed by atoms with E-state index in [0.29, 0.717) is 11.3 Å². The molecule has 2 aromatic carbocycles. The van der Waals surface area contributed by atoms with Crippen LogP contribution in [0.25, 0.3) is 0 Å². The highest BCUT2D eigenvalue weighted by Gasteiger charge is 2.35. The lowest BCUT2D eigenvalue weighted by atomic mass is 9.97. The van der Waals surface area contributed by atoms with Crippen molar-refractivity contribution in [2.75, 3.05) is 12.9 Å². The first-order chi connectivity index (χ1) is 11.2. The summed E-state index contributed by atoms with van der Waals surface area (Å²) in [7, 11) is 1.61. The number of benzene rings is 2. The standard InChI is InChI=1S/C18H17NO3S/c1-22-14-9-7-12(8-10-14)16-18(23-11-15(20)19-16)17(21)13-5-3-2-4-6-13/h2-10,16,18H,11H2,1H3,(H,19,20)/t16-,18+/m0/s1. The van der Waals surface area contributed by atoms with Gasteiger partial charge in [0.1, 0.15) is 5.75 Å². The summed E-state index contributed by atoms with van der Waals surface area (Å²) in [5, 5.41) is 2.62. The van der Waals surface area contributed by atoms with E-state index in [1.165, 1.54) is 11.8 Å². The Labute approximate surface area is 139 Å². The van der Waals surface area contributed by atoms with E-state index in [2.05, 4.69) is 5.32 Å². The lowest BCUT2D eigenvalue weighted by Crippen LogP contribution is -2.44. The number of carbonyl (C=O) groups is 2. The number of nitrogens with one attached hydrogen (secondary N) is 1. The Morgan fingerprint density at radius 2 is 1.83 bits per heavy atom. The van der Waals surface area contributed by atoms with Crippen LogP contribution in [0.15, 0.2) is 54.6 Å². The van der Waals surface area contributed by atoms with Gasteiger partial charge in [0.15, 0.2) is 5.78 Å². The van der Waals surface area contributed by atoms with Gasteiger partial charge < -0.3 is 10.1 Å². The molecule has 0 aliphatic carbocycles. The quantitative estimate of drug-likeness (QED) is 0.878. The van der Waals surface area contributed by atoms with Crippen molar-refractivity contribution in [2.24, 2.45) is 0 Å². The number of ketones is 1. The van der Waals surface area contributed by atoms with Crippen molar-refractivity contribution in [2.45, 2.75) is 11.3 Å². The van der Waals surface area contributed by atoms with Gasteiger partial charge in [0.25, 0.3) is 0 Å². The Balaban J connectivity index is 1.90. The Morgan fingerprint density at radius 3 is 2.48 bits per heavy atom. The van der Waals surface area contributed by atoms with Crippen molar-refractivity contribution in [3.63, 3.8) is 0 Å². The van der Waals surface area contributed by atoms with Crippen molar-refractivity contribution >= 4 is 23.5 Å². The second-order valence-corrected chi connectivity index (χ2v) is 6.41. The maximum absolute atomic E-state index is 12.8. The van der Waals surface area contributed by atoms with Crippen molar-refractivity contribution in [3.8, 4) is 5.75 Å². The molecule has 118 valence electrons. The van der Waals surface area contributed by atoms with Gasteiger partial charge in [0, 0.05) is 5.56 Å². The van der Waals surface area contributed by atoms with E-state index in [1.807, 2.05) is 54.6 Å². The van der Waals surface area contributed by atoms with E-state index >= 15 is 0 Å². The molecular formula is C18H17NO3S. The molecule has 1 fully saturated rings. The summed E-state index contributed by atoms with van der Waals surface area (Å²) in [5.41, 5.74) is 1.57. The molecular weight excluding hydrogens is 310 g/mol. The summed E-state index contributed by atoms with van der Waals surface area (Å²) in [6, 6.07) is 16.3. The van der Waals surface area contributed by atoms with Crippen molar-refractivity contribution in [1.29, 1.82) is 0 Å². The van der Waals surface area contributed by atoms with E-state index in [1.54, 1.807) is 7.11 Å². The van der Waals surface area contributed by atoms with Gasteiger partial charge in [-0.3, -0.25) is 9.59 Å². The SMILES string of the molecule is COc1ccc([C@@H]2NC(=O)CS[C@H]2C(=O)c2ccccc2)cc1. The Kier molecular flexibility index (Phi) is 4.67. The third kappa shape index (κ3) is 3.40. The number of rotatable bonds is 4. The number of thioether (sulfide) groups is 1. The third-order valence-corrected chi connectivity index (χ3v) is 5.08. The molecule has 0 bridgehead atoms. The summed E-state index contributed by atoms with van der Waals surface area (Å²) < 4.78 is 5.16. The number of hydrogen-bond donors (Lipinski definition) is 1. The number of ether oxygens (including phenoxy) is 1. The predicted molar refractivity (Wildman–Crippen MR) is 90.9 cm³/mol. The lowest BCUT2D eigenvalue weighted by molar-refractivity contribution is -0.119. The van der Waals surface area contributed by atoms with Crippen molar-refractivity contribution < 1.29 is 14.3 Å². The fraction of sp³-hybridized carbons (Fsp3) is 0.222. The normalized spacial score (nSPS) is 20.7. The van der Waals surface area contributed by atoms with Crippen LogP contribution in [0.4, 0.5) is 0 Å². The Bertz CT molecular complexity index is 700. The topological polar surface area (TPSA) is 55.4 Å². The molecule has 1 aliphatic rings. The molecule has 1 saturated heterocycles. The zero-order chi connectivity index (χ0) is 16.2. The van der Waals surface area contributed by atoms with Gasteiger partial charge in [0.05, 0.1) is 24.2 Å². The fourth-order valence-corrected chi connectivity index (χ4v) is 3.73. The summed E-state index contributed by atoms with van der Waals surface area (Å²) >= 11 is 1.39. The highest BCUT2D eigenvalue weighted by molar-refractivity contribution is 8.01. The number of methoxy groups -OCH3 is 1. The molecule has 0 saturated carbocycles. The molecule has 0 spiro atoms. The molecule has 1 N–H and O–H groups in total. The van der Waals surface area contributed by atoms with Crippen LogP contribution in [0.5, 0.6) is 5.75 Å². The number of amides is 1. The Hall–Kier alpha value is -2.27. The summed E-state index contributed by atoms with van der Waals surface area (Å²) in [6.45, 7) is 0. The molecule has 1 amide bonds. The second-order valence-electron chi connectivity index (χ2n) is 5.28. The molecule has 2 atom stereocenters. The van der Waals surface area contributed by atoms with Crippen LogP contribution < -0.4 is 10.1 Å². The summed E-state index contributed by atoms with van der Waals surface area (Å²) in [4.78, 5) is 24.6. The van der Waals surface area contributed by atoms with Crippen molar-refractivity contribution in [3.05, 3.63) is 65.7 Å². The summed E-state index contributed by atoms with van der Waals surface area (Å²) in [6.07, 6.45) is 0. The van der Waals surface area contributed by atoms with Gasteiger partial charge in [-0.05, 0) is 17.7 Å². The van der Waals surface area contributed by atoms with E-state index in [9.17, 15) is 9.59 Å². The Morgan fingerprint density at radius 1 is 1.13 bits per heavy atom. The van der Waals surface area contributed by atoms with E-state index in [4.69, 9.17) is 4.74 Å². The monoisotopic (exact) mass is 327 g/mol. The third-order valence-electron chi connectivity index (χ3n) is 3.80. The molecule has 4 nitrogen and oxygen atoms in total. The van der Waals surface area contributed by atoms with Gasteiger partial charge in [-0.2, -0.15) is 0 Å². The smallest absolute Gasteiger partial charge is 0.230 e. The van der Waals surface area contributed by atoms with Crippen LogP contribution >= 0.6 is 11.8 Å². The average Bonchev–Trinajstić information content (AvgIpc) is 2.62. The molecule has 0 unspecified atom stereocenters. The van der Waals surface area contributed by atoms with Crippen LogP contribution in [0.2, 0.25) is 0 Å². The van der Waals surface area contributed by atoms with Crippen LogP contribution in [-0.4, -0.2) is 29.8 Å². The minimum absolute atomic E-state index is 0.0384. The van der Waals surface area contributed by atoms with Gasteiger partial charge in [-0.1, -0.05) is 42.5 Å². The molecule has 5 heteroatoms. The minimum atomic E-state index is -0.333. The molecule has 3 rings (SSSR count). The minimum Gasteiger partial charge on any atom is -0.497 e. The highest BCUT2D eigenvalue weighted by Crippen LogP contribution is 2.33. The average molecular weight is 327 g/mol. The maximum Gasteiger partial charge on any atom is 0.230 e. The first-order valence-electron chi connectivity index (χ1n) is 7.33. The lowest BCUT2D eigenvalue weighted by Gasteiger charge is -2.31. The van der Waals surface area contributed by atoms with Gasteiger partial charge in [-0.25, -0.2) is 0 Å². The highest BCUT2D eigenvalue weighted by atomic mass is 32.2. The van der Waals surface area contributed by atoms with Crippen LogP contribution in [-0.2, 0) is 4.79 Å². The van der Waals surface area contributed by atoms with Crippen molar-refractivity contribution in [1.82, 2.24) is 5.32 Å². The van der Waals surface area contributed by atoms with E-state index < -0.39 is 0 Å². The van der Waals surface area contributed by atoms with Crippen LogP contribution in [0, 0.1) is 0 Å². The van der Waals surface area contributed by atoms with Crippen LogP contribution in [0.1, 0.15) is 22.0 Å². The van der Waals surface area contributed by atoms with Gasteiger partial charge in [0.2, 0.25) is 5.91 Å². The largest absolute Gasteiger partial charge is 0.497 e. The molecule has 1 aliphatic heterocycles. The molecule has 23 heavy (non-hydrogen) atoms. The number of carbonyl (C=O) groups excluding carboxylic acids is 2. The molecule has 2 aromatic rings. The molecule has 0 radical (unpaired) electrons. The predicted octanol–water partition coefficient (Wildman–Crippen LogP) is 2.85. The van der Waals surface area contributed by atoms with Gasteiger partial charge >= 0.3 is 0 Å². The number of hydrogen-bond acceptors (Lipinski definition) is 4. The fourth-order valence-electron chi connectivity index (χ4n) is 2.62. The first kappa shape index (κ1) is 15.6. The molecule has 1 heterocycles.